The Balaban J connectivity index is 2.49. The highest BCUT2D eigenvalue weighted by atomic mass is 32.2. The van der Waals surface area contributed by atoms with Gasteiger partial charge in [-0.2, -0.15) is 11.8 Å². The second-order valence-electron chi connectivity index (χ2n) is 3.59. The molecule has 5 heteroatoms. The molecule has 0 atom stereocenters. The molecule has 1 N–H and O–H groups in total. The summed E-state index contributed by atoms with van der Waals surface area (Å²) in [6.07, 6.45) is 5.88. The molecule has 0 saturated heterocycles. The monoisotopic (exact) mass is 240 g/mol. The summed E-state index contributed by atoms with van der Waals surface area (Å²) in [5.74, 6) is 1.90. The molecule has 0 bridgehead atoms. The predicted octanol–water partition coefficient (Wildman–Crippen LogP) is 1.39. The van der Waals surface area contributed by atoms with Crippen molar-refractivity contribution < 1.29 is 0 Å². The highest BCUT2D eigenvalue weighted by Gasteiger charge is 2.03. The van der Waals surface area contributed by atoms with Crippen LogP contribution in [0.1, 0.15) is 12.5 Å². The van der Waals surface area contributed by atoms with Crippen LogP contribution in [0, 0.1) is 0 Å². The van der Waals surface area contributed by atoms with Crippen molar-refractivity contribution in [1.82, 2.24) is 15.3 Å². The van der Waals surface area contributed by atoms with Gasteiger partial charge in [0.15, 0.2) is 0 Å². The third-order valence-corrected chi connectivity index (χ3v) is 2.83. The van der Waals surface area contributed by atoms with Crippen molar-refractivity contribution in [2.24, 2.45) is 0 Å². The van der Waals surface area contributed by atoms with Gasteiger partial charge in [-0.25, -0.2) is 9.97 Å². The molecule has 0 aromatic carbocycles. The van der Waals surface area contributed by atoms with Crippen LogP contribution >= 0.6 is 11.8 Å². The first-order chi connectivity index (χ1) is 7.77. The lowest BCUT2D eigenvalue weighted by Crippen LogP contribution is -2.22. The number of nitrogens with zero attached hydrogens (tertiary/aromatic N) is 3. The number of rotatable bonds is 7. The number of anilines is 1. The standard InChI is InChI=1S/C11H20N4S/c1-4-12-7-10-8-13-11(14-9-10)15(2)5-6-16-3/h8-9,12H,4-7H2,1-3H3. The highest BCUT2D eigenvalue weighted by molar-refractivity contribution is 7.98. The van der Waals surface area contributed by atoms with Crippen LogP contribution in [0.15, 0.2) is 12.4 Å². The van der Waals surface area contributed by atoms with E-state index in [1.807, 2.05) is 31.2 Å². The van der Waals surface area contributed by atoms with Crippen LogP contribution < -0.4 is 10.2 Å². The molecule has 90 valence electrons. The Morgan fingerprint density at radius 2 is 2.06 bits per heavy atom. The zero-order chi connectivity index (χ0) is 11.8. The Morgan fingerprint density at radius 3 is 2.62 bits per heavy atom. The maximum absolute atomic E-state index is 4.35. The molecule has 0 aliphatic heterocycles. The summed E-state index contributed by atoms with van der Waals surface area (Å²) in [5.41, 5.74) is 1.13. The van der Waals surface area contributed by atoms with Crippen molar-refractivity contribution in [3.05, 3.63) is 18.0 Å². The van der Waals surface area contributed by atoms with Crippen molar-refractivity contribution in [3.8, 4) is 0 Å². The molecule has 0 radical (unpaired) electrons. The molecule has 1 rings (SSSR count). The SMILES string of the molecule is CCNCc1cnc(N(C)CCSC)nc1. The zero-order valence-electron chi connectivity index (χ0n) is 10.2. The first-order valence-electron chi connectivity index (χ1n) is 5.49. The van der Waals surface area contributed by atoms with Gasteiger partial charge in [-0.3, -0.25) is 0 Å². The van der Waals surface area contributed by atoms with Gasteiger partial charge < -0.3 is 10.2 Å². The van der Waals surface area contributed by atoms with Crippen molar-refractivity contribution >= 4 is 17.7 Å². The van der Waals surface area contributed by atoms with Crippen molar-refractivity contribution in [1.29, 1.82) is 0 Å². The minimum absolute atomic E-state index is 0.800. The van der Waals surface area contributed by atoms with Gasteiger partial charge in [-0.15, -0.1) is 0 Å². The first-order valence-corrected chi connectivity index (χ1v) is 6.89. The molecule has 0 aliphatic rings. The zero-order valence-corrected chi connectivity index (χ0v) is 11.0. The van der Waals surface area contributed by atoms with Crippen LogP contribution in [0.4, 0.5) is 5.95 Å². The van der Waals surface area contributed by atoms with Gasteiger partial charge in [-0.1, -0.05) is 6.92 Å². The molecular formula is C11H20N4S. The molecule has 16 heavy (non-hydrogen) atoms. The highest BCUT2D eigenvalue weighted by Crippen LogP contribution is 2.05. The summed E-state index contributed by atoms with van der Waals surface area (Å²) in [4.78, 5) is 10.8. The second-order valence-corrected chi connectivity index (χ2v) is 4.57. The van der Waals surface area contributed by atoms with Gasteiger partial charge >= 0.3 is 0 Å². The summed E-state index contributed by atoms with van der Waals surface area (Å²) < 4.78 is 0. The molecule has 0 unspecified atom stereocenters. The Bertz CT molecular complexity index is 289. The molecule has 1 aromatic heterocycles. The summed E-state index contributed by atoms with van der Waals surface area (Å²) in [6.45, 7) is 4.87. The third kappa shape index (κ3) is 4.37. The minimum Gasteiger partial charge on any atom is -0.343 e. The van der Waals surface area contributed by atoms with Crippen LogP contribution in [-0.4, -0.2) is 42.1 Å². The summed E-state index contributed by atoms with van der Waals surface area (Å²) in [6, 6.07) is 0. The van der Waals surface area contributed by atoms with Gasteiger partial charge in [-0.05, 0) is 12.8 Å². The first kappa shape index (κ1) is 13.3. The van der Waals surface area contributed by atoms with E-state index >= 15 is 0 Å². The number of thioether (sulfide) groups is 1. The quantitative estimate of drug-likeness (QED) is 0.780. The third-order valence-electron chi connectivity index (χ3n) is 2.24. The van der Waals surface area contributed by atoms with Crippen LogP contribution in [0.5, 0.6) is 0 Å². The summed E-state index contributed by atoms with van der Waals surface area (Å²) in [5, 5.41) is 3.25. The Morgan fingerprint density at radius 1 is 1.38 bits per heavy atom. The lowest BCUT2D eigenvalue weighted by atomic mass is 10.3. The van der Waals surface area contributed by atoms with Crippen molar-refractivity contribution in [2.75, 3.05) is 37.0 Å². The molecule has 1 aromatic rings. The molecule has 0 spiro atoms. The van der Waals surface area contributed by atoms with E-state index in [0.717, 1.165) is 36.9 Å². The average Bonchev–Trinajstić information content (AvgIpc) is 2.34. The molecule has 0 saturated carbocycles. The molecule has 0 fully saturated rings. The van der Waals surface area contributed by atoms with E-state index in [0.29, 0.717) is 0 Å². The van der Waals surface area contributed by atoms with E-state index in [4.69, 9.17) is 0 Å². The normalized spacial score (nSPS) is 10.4. The second kappa shape index (κ2) is 7.46. The van der Waals surface area contributed by atoms with Gasteiger partial charge in [0.1, 0.15) is 0 Å². The number of hydrogen-bond acceptors (Lipinski definition) is 5. The van der Waals surface area contributed by atoms with Gasteiger partial charge in [0, 0.05) is 43.8 Å². The lowest BCUT2D eigenvalue weighted by molar-refractivity contribution is 0.720. The fourth-order valence-electron chi connectivity index (χ4n) is 1.23. The maximum atomic E-state index is 4.35. The van der Waals surface area contributed by atoms with Gasteiger partial charge in [0.2, 0.25) is 5.95 Å². The van der Waals surface area contributed by atoms with E-state index in [1.54, 1.807) is 0 Å². The number of hydrogen-bond donors (Lipinski definition) is 1. The largest absolute Gasteiger partial charge is 0.343 e. The van der Waals surface area contributed by atoms with Crippen LogP contribution in [0.2, 0.25) is 0 Å². The molecule has 4 nitrogen and oxygen atoms in total. The van der Waals surface area contributed by atoms with Gasteiger partial charge in [0.05, 0.1) is 0 Å². The number of nitrogens with one attached hydrogen (secondary N) is 1. The van der Waals surface area contributed by atoms with Gasteiger partial charge in [0.25, 0.3) is 0 Å². The van der Waals surface area contributed by atoms with E-state index < -0.39 is 0 Å². The van der Waals surface area contributed by atoms with Crippen LogP contribution in [0.25, 0.3) is 0 Å². The molecule has 1 heterocycles. The number of aromatic nitrogens is 2. The Kier molecular flexibility index (Phi) is 6.18. The Labute approximate surface area is 102 Å². The average molecular weight is 240 g/mol. The molecule has 0 amide bonds. The summed E-state index contributed by atoms with van der Waals surface area (Å²) in [7, 11) is 2.02. The fourth-order valence-corrected chi connectivity index (χ4v) is 1.69. The van der Waals surface area contributed by atoms with E-state index in [9.17, 15) is 0 Å². The van der Waals surface area contributed by atoms with E-state index in [1.165, 1.54) is 0 Å². The van der Waals surface area contributed by atoms with Crippen LogP contribution in [0.3, 0.4) is 0 Å². The smallest absolute Gasteiger partial charge is 0.225 e. The van der Waals surface area contributed by atoms with Crippen molar-refractivity contribution in [3.63, 3.8) is 0 Å². The van der Waals surface area contributed by atoms with E-state index in [2.05, 4.69) is 33.4 Å². The molecular weight excluding hydrogens is 220 g/mol. The lowest BCUT2D eigenvalue weighted by Gasteiger charge is -2.16. The maximum Gasteiger partial charge on any atom is 0.225 e. The van der Waals surface area contributed by atoms with E-state index in [-0.39, 0.29) is 0 Å². The topological polar surface area (TPSA) is 41.1 Å². The summed E-state index contributed by atoms with van der Waals surface area (Å²) >= 11 is 1.83. The minimum atomic E-state index is 0.800. The fraction of sp³-hybridized carbons (Fsp3) is 0.636. The molecule has 0 aliphatic carbocycles. The Hall–Kier alpha value is -0.810. The predicted molar refractivity (Wildman–Crippen MR) is 71.1 cm³/mol. The van der Waals surface area contributed by atoms with Crippen LogP contribution in [-0.2, 0) is 6.54 Å². The van der Waals surface area contributed by atoms with Crippen molar-refractivity contribution in [2.45, 2.75) is 13.5 Å².